The molecule has 0 aliphatic carbocycles. The van der Waals surface area contributed by atoms with Crippen molar-refractivity contribution in [2.75, 3.05) is 20.1 Å². The predicted molar refractivity (Wildman–Crippen MR) is 76.9 cm³/mol. The molecular weight excluding hydrogens is 222 g/mol. The molecule has 1 aromatic carbocycles. The van der Waals surface area contributed by atoms with Gasteiger partial charge in [-0.05, 0) is 32.5 Å². The third-order valence-corrected chi connectivity index (χ3v) is 3.44. The number of hydrogen-bond donors (Lipinski definition) is 0. The minimum Gasteiger partial charge on any atom is -0.305 e. The van der Waals surface area contributed by atoms with Gasteiger partial charge in [0.05, 0.1) is 5.41 Å². The average Bonchev–Trinajstić information content (AvgIpc) is 2.40. The molecule has 0 bridgehead atoms. The Morgan fingerprint density at radius 2 is 1.89 bits per heavy atom. The standard InChI is InChI=1S/C16H25NO/c1-4-5-9-12-17(3)13-16(2,14-18)15-10-7-6-8-11-15/h6-8,10-11,14H,4-5,9,12-13H2,1-3H3. The van der Waals surface area contributed by atoms with E-state index in [1.165, 1.54) is 19.3 Å². The third kappa shape index (κ3) is 4.26. The van der Waals surface area contributed by atoms with Gasteiger partial charge < -0.3 is 9.69 Å². The van der Waals surface area contributed by atoms with Crippen LogP contribution in [0.1, 0.15) is 38.7 Å². The number of hydrogen-bond acceptors (Lipinski definition) is 2. The van der Waals surface area contributed by atoms with Gasteiger partial charge >= 0.3 is 0 Å². The van der Waals surface area contributed by atoms with Crippen LogP contribution >= 0.6 is 0 Å². The number of carbonyl (C=O) groups excluding carboxylic acids is 1. The van der Waals surface area contributed by atoms with Crippen LogP contribution in [0.4, 0.5) is 0 Å². The first kappa shape index (κ1) is 14.9. The molecule has 0 N–H and O–H groups in total. The van der Waals surface area contributed by atoms with Crippen molar-refractivity contribution < 1.29 is 4.79 Å². The van der Waals surface area contributed by atoms with Crippen molar-refractivity contribution >= 4 is 6.29 Å². The maximum absolute atomic E-state index is 11.5. The second-order valence-corrected chi connectivity index (χ2v) is 5.35. The molecule has 0 aromatic heterocycles. The molecule has 0 aliphatic rings. The fourth-order valence-electron chi connectivity index (χ4n) is 2.29. The van der Waals surface area contributed by atoms with Crippen LogP contribution in [0.15, 0.2) is 30.3 Å². The summed E-state index contributed by atoms with van der Waals surface area (Å²) in [5.74, 6) is 0. The highest BCUT2D eigenvalue weighted by molar-refractivity contribution is 5.68. The van der Waals surface area contributed by atoms with E-state index < -0.39 is 5.41 Å². The van der Waals surface area contributed by atoms with E-state index in [-0.39, 0.29) is 0 Å². The monoisotopic (exact) mass is 247 g/mol. The molecule has 18 heavy (non-hydrogen) atoms. The van der Waals surface area contributed by atoms with Gasteiger partial charge in [0.15, 0.2) is 0 Å². The minimum atomic E-state index is -0.401. The van der Waals surface area contributed by atoms with E-state index in [9.17, 15) is 4.79 Å². The smallest absolute Gasteiger partial charge is 0.131 e. The Balaban J connectivity index is 2.63. The number of unbranched alkanes of at least 4 members (excludes halogenated alkanes) is 2. The molecule has 0 amide bonds. The molecule has 0 radical (unpaired) electrons. The first-order valence-corrected chi connectivity index (χ1v) is 6.83. The van der Waals surface area contributed by atoms with E-state index in [2.05, 4.69) is 18.9 Å². The normalized spacial score (nSPS) is 14.4. The lowest BCUT2D eigenvalue weighted by atomic mass is 9.83. The molecule has 0 saturated carbocycles. The largest absolute Gasteiger partial charge is 0.305 e. The SMILES string of the molecule is CCCCCN(C)CC(C)(C=O)c1ccccc1. The lowest BCUT2D eigenvalue weighted by Gasteiger charge is -2.29. The predicted octanol–water partition coefficient (Wildman–Crippen LogP) is 3.27. The van der Waals surface area contributed by atoms with Gasteiger partial charge in [-0.2, -0.15) is 0 Å². The summed E-state index contributed by atoms with van der Waals surface area (Å²) >= 11 is 0. The van der Waals surface area contributed by atoms with Crippen molar-refractivity contribution in [1.29, 1.82) is 0 Å². The lowest BCUT2D eigenvalue weighted by Crippen LogP contribution is -2.38. The minimum absolute atomic E-state index is 0.401. The van der Waals surface area contributed by atoms with Crippen molar-refractivity contribution in [2.24, 2.45) is 0 Å². The molecule has 1 atom stereocenters. The van der Waals surface area contributed by atoms with Crippen LogP contribution in [0.2, 0.25) is 0 Å². The number of rotatable bonds is 8. The Kier molecular flexibility index (Phi) is 6.06. The zero-order valence-corrected chi connectivity index (χ0v) is 11.9. The summed E-state index contributed by atoms with van der Waals surface area (Å²) in [6.07, 6.45) is 4.78. The molecule has 100 valence electrons. The van der Waals surface area contributed by atoms with Gasteiger partial charge in [-0.1, -0.05) is 50.1 Å². The summed E-state index contributed by atoms with van der Waals surface area (Å²) in [5, 5.41) is 0. The van der Waals surface area contributed by atoms with E-state index in [1.54, 1.807) is 0 Å². The molecule has 2 nitrogen and oxygen atoms in total. The topological polar surface area (TPSA) is 20.3 Å². The van der Waals surface area contributed by atoms with Gasteiger partial charge in [0.25, 0.3) is 0 Å². The highest BCUT2D eigenvalue weighted by Crippen LogP contribution is 2.22. The molecule has 0 fully saturated rings. The van der Waals surface area contributed by atoms with Gasteiger partial charge in [0.2, 0.25) is 0 Å². The Hall–Kier alpha value is -1.15. The van der Waals surface area contributed by atoms with E-state index in [1.807, 2.05) is 37.3 Å². The highest BCUT2D eigenvalue weighted by Gasteiger charge is 2.27. The maximum Gasteiger partial charge on any atom is 0.131 e. The van der Waals surface area contributed by atoms with Crippen LogP contribution in [0.3, 0.4) is 0 Å². The molecule has 0 spiro atoms. The van der Waals surface area contributed by atoms with Gasteiger partial charge in [-0.3, -0.25) is 0 Å². The first-order chi connectivity index (χ1) is 8.62. The summed E-state index contributed by atoms with van der Waals surface area (Å²) < 4.78 is 0. The number of benzene rings is 1. The lowest BCUT2D eigenvalue weighted by molar-refractivity contribution is -0.112. The van der Waals surface area contributed by atoms with E-state index in [0.29, 0.717) is 0 Å². The highest BCUT2D eigenvalue weighted by atomic mass is 16.1. The Morgan fingerprint density at radius 3 is 2.44 bits per heavy atom. The van der Waals surface area contributed by atoms with Gasteiger partial charge in [0, 0.05) is 6.54 Å². The number of aldehydes is 1. The van der Waals surface area contributed by atoms with Crippen LogP contribution < -0.4 is 0 Å². The van der Waals surface area contributed by atoms with Gasteiger partial charge in [-0.25, -0.2) is 0 Å². The fourth-order valence-corrected chi connectivity index (χ4v) is 2.29. The van der Waals surface area contributed by atoms with Crippen LogP contribution in [0.5, 0.6) is 0 Å². The maximum atomic E-state index is 11.5. The van der Waals surface area contributed by atoms with E-state index >= 15 is 0 Å². The van der Waals surface area contributed by atoms with Crippen LogP contribution in [0.25, 0.3) is 0 Å². The first-order valence-electron chi connectivity index (χ1n) is 6.83. The van der Waals surface area contributed by atoms with Crippen LogP contribution in [-0.2, 0) is 10.2 Å². The number of nitrogens with zero attached hydrogens (tertiary/aromatic N) is 1. The molecule has 0 saturated heterocycles. The molecule has 1 unspecified atom stereocenters. The molecule has 1 rings (SSSR count). The molecular formula is C16H25NO. The van der Waals surface area contributed by atoms with Crippen LogP contribution in [0, 0.1) is 0 Å². The van der Waals surface area contributed by atoms with Crippen molar-refractivity contribution in [3.05, 3.63) is 35.9 Å². The van der Waals surface area contributed by atoms with Crippen molar-refractivity contribution in [3.8, 4) is 0 Å². The average molecular weight is 247 g/mol. The Labute approximate surface area is 111 Å². The van der Waals surface area contributed by atoms with Crippen LogP contribution in [-0.4, -0.2) is 31.3 Å². The van der Waals surface area contributed by atoms with Crippen molar-refractivity contribution in [2.45, 2.75) is 38.5 Å². The zero-order valence-electron chi connectivity index (χ0n) is 11.9. The number of carbonyl (C=O) groups is 1. The third-order valence-electron chi connectivity index (χ3n) is 3.44. The molecule has 2 heteroatoms. The molecule has 0 heterocycles. The summed E-state index contributed by atoms with van der Waals surface area (Å²) in [6.45, 7) is 6.07. The summed E-state index contributed by atoms with van der Waals surface area (Å²) in [6, 6.07) is 10.0. The second kappa shape index (κ2) is 7.32. The van der Waals surface area contributed by atoms with Crippen molar-refractivity contribution in [3.63, 3.8) is 0 Å². The molecule has 1 aromatic rings. The molecule has 0 aliphatic heterocycles. The summed E-state index contributed by atoms with van der Waals surface area (Å²) in [5.41, 5.74) is 0.699. The Morgan fingerprint density at radius 1 is 1.22 bits per heavy atom. The summed E-state index contributed by atoms with van der Waals surface area (Å²) in [4.78, 5) is 13.7. The van der Waals surface area contributed by atoms with E-state index in [4.69, 9.17) is 0 Å². The van der Waals surface area contributed by atoms with Crippen molar-refractivity contribution in [1.82, 2.24) is 4.90 Å². The Bertz CT molecular complexity index is 349. The quantitative estimate of drug-likeness (QED) is 0.519. The zero-order chi connectivity index (χ0) is 13.4. The van der Waals surface area contributed by atoms with Gasteiger partial charge in [0.1, 0.15) is 6.29 Å². The second-order valence-electron chi connectivity index (χ2n) is 5.35. The fraction of sp³-hybridized carbons (Fsp3) is 0.562. The van der Waals surface area contributed by atoms with Gasteiger partial charge in [-0.15, -0.1) is 0 Å². The van der Waals surface area contributed by atoms with E-state index in [0.717, 1.165) is 24.9 Å². The summed E-state index contributed by atoms with van der Waals surface area (Å²) in [7, 11) is 2.10. The number of likely N-dealkylation sites (N-methyl/N-ethyl adjacent to an activating group) is 1.